The first-order valence-corrected chi connectivity index (χ1v) is 5.27. The van der Waals surface area contributed by atoms with Crippen LogP contribution in [0.3, 0.4) is 0 Å². The molecule has 1 unspecified atom stereocenters. The highest BCUT2D eigenvalue weighted by Crippen LogP contribution is 2.32. The summed E-state index contributed by atoms with van der Waals surface area (Å²) in [6.45, 7) is 0. The molecule has 4 nitrogen and oxygen atoms in total. The Morgan fingerprint density at radius 2 is 1.88 bits per heavy atom. The van der Waals surface area contributed by atoms with Crippen molar-refractivity contribution in [3.8, 4) is 0 Å². The van der Waals surface area contributed by atoms with E-state index in [1.165, 1.54) is 0 Å². The molecule has 1 aromatic rings. The van der Waals surface area contributed by atoms with Gasteiger partial charge in [0.15, 0.2) is 0 Å². The lowest BCUT2D eigenvalue weighted by molar-refractivity contribution is -0.139. The van der Waals surface area contributed by atoms with E-state index in [-0.39, 0.29) is 11.8 Å². The fourth-order valence-electron chi connectivity index (χ4n) is 1.62. The number of carbonyl (C=O) groups excluding carboxylic acids is 1. The van der Waals surface area contributed by atoms with Crippen molar-refractivity contribution in [3.63, 3.8) is 0 Å². The highest BCUT2D eigenvalue weighted by Gasteiger charge is 2.37. The van der Waals surface area contributed by atoms with Crippen molar-refractivity contribution in [3.05, 3.63) is 35.9 Å². The average molecular weight is 219 g/mol. The van der Waals surface area contributed by atoms with Gasteiger partial charge in [-0.3, -0.25) is 4.79 Å². The van der Waals surface area contributed by atoms with E-state index in [0.717, 1.165) is 12.8 Å². The summed E-state index contributed by atoms with van der Waals surface area (Å²) in [6, 6.07) is 7.91. The Bertz CT molecular complexity index is 398. The zero-order valence-corrected chi connectivity index (χ0v) is 8.72. The average Bonchev–Trinajstić information content (AvgIpc) is 3.10. The monoisotopic (exact) mass is 219 g/mol. The fourth-order valence-corrected chi connectivity index (χ4v) is 1.62. The number of carbonyl (C=O) groups is 2. The number of hydrogen-bond donors (Lipinski definition) is 2. The molecule has 2 N–H and O–H groups in total. The van der Waals surface area contributed by atoms with Crippen molar-refractivity contribution in [1.82, 2.24) is 5.32 Å². The van der Waals surface area contributed by atoms with Crippen LogP contribution in [0.2, 0.25) is 0 Å². The largest absolute Gasteiger partial charge is 0.480 e. The van der Waals surface area contributed by atoms with Crippen molar-refractivity contribution in [2.75, 3.05) is 0 Å². The van der Waals surface area contributed by atoms with E-state index in [2.05, 4.69) is 5.32 Å². The van der Waals surface area contributed by atoms with Crippen LogP contribution in [-0.2, 0) is 4.79 Å². The summed E-state index contributed by atoms with van der Waals surface area (Å²) in [4.78, 5) is 22.7. The van der Waals surface area contributed by atoms with E-state index in [4.69, 9.17) is 5.11 Å². The molecule has 1 saturated carbocycles. The quantitative estimate of drug-likeness (QED) is 0.801. The molecule has 0 radical (unpaired) electrons. The molecule has 16 heavy (non-hydrogen) atoms. The maximum absolute atomic E-state index is 11.7. The van der Waals surface area contributed by atoms with Crippen LogP contribution in [0, 0.1) is 5.92 Å². The second-order valence-corrected chi connectivity index (χ2v) is 3.99. The summed E-state index contributed by atoms with van der Waals surface area (Å²) in [5.41, 5.74) is 0.495. The third-order valence-corrected chi connectivity index (χ3v) is 2.68. The molecule has 4 heteroatoms. The molecule has 1 aliphatic rings. The highest BCUT2D eigenvalue weighted by molar-refractivity contribution is 5.96. The predicted molar refractivity (Wildman–Crippen MR) is 58.1 cm³/mol. The summed E-state index contributed by atoms with van der Waals surface area (Å²) in [5.74, 6) is -1.17. The molecule has 0 saturated heterocycles. The van der Waals surface area contributed by atoms with Gasteiger partial charge in [0.2, 0.25) is 0 Å². The molecule has 0 spiro atoms. The Hall–Kier alpha value is -1.84. The van der Waals surface area contributed by atoms with E-state index in [1.807, 2.05) is 6.07 Å². The van der Waals surface area contributed by atoms with Gasteiger partial charge in [0.05, 0.1) is 0 Å². The molecule has 2 rings (SSSR count). The lowest BCUT2D eigenvalue weighted by Crippen LogP contribution is -2.42. The van der Waals surface area contributed by atoms with Crippen molar-refractivity contribution in [2.45, 2.75) is 18.9 Å². The van der Waals surface area contributed by atoms with Crippen LogP contribution in [0.25, 0.3) is 0 Å². The van der Waals surface area contributed by atoms with E-state index in [1.54, 1.807) is 24.3 Å². The van der Waals surface area contributed by atoms with E-state index in [0.29, 0.717) is 5.56 Å². The minimum Gasteiger partial charge on any atom is -0.480 e. The van der Waals surface area contributed by atoms with Gasteiger partial charge in [-0.05, 0) is 30.9 Å². The Morgan fingerprint density at radius 3 is 2.38 bits per heavy atom. The van der Waals surface area contributed by atoms with Gasteiger partial charge in [0, 0.05) is 5.56 Å². The first kappa shape index (κ1) is 10.7. The lowest BCUT2D eigenvalue weighted by Gasteiger charge is -2.13. The highest BCUT2D eigenvalue weighted by atomic mass is 16.4. The predicted octanol–water partition coefficient (Wildman–Crippen LogP) is 1.28. The van der Waals surface area contributed by atoms with Gasteiger partial charge in [0.1, 0.15) is 6.04 Å². The maximum Gasteiger partial charge on any atom is 0.326 e. The Balaban J connectivity index is 2.03. The summed E-state index contributed by atoms with van der Waals surface area (Å²) in [5, 5.41) is 11.5. The normalized spacial score (nSPS) is 16.5. The molecule has 1 aliphatic carbocycles. The Kier molecular flexibility index (Phi) is 2.90. The number of carboxylic acid groups (broad SMARTS) is 1. The Labute approximate surface area is 93.3 Å². The summed E-state index contributed by atoms with van der Waals surface area (Å²) in [6.07, 6.45) is 1.76. The zero-order chi connectivity index (χ0) is 11.5. The van der Waals surface area contributed by atoms with Crippen LogP contribution in [-0.4, -0.2) is 23.0 Å². The van der Waals surface area contributed by atoms with Gasteiger partial charge >= 0.3 is 5.97 Å². The van der Waals surface area contributed by atoms with Gasteiger partial charge < -0.3 is 10.4 Å². The summed E-state index contributed by atoms with van der Waals surface area (Å²) < 4.78 is 0. The van der Waals surface area contributed by atoms with Gasteiger partial charge in [-0.25, -0.2) is 4.79 Å². The third-order valence-electron chi connectivity index (χ3n) is 2.68. The molecule has 1 amide bonds. The van der Waals surface area contributed by atoms with Gasteiger partial charge in [-0.2, -0.15) is 0 Å². The van der Waals surface area contributed by atoms with Crippen LogP contribution in [0.1, 0.15) is 23.2 Å². The SMILES string of the molecule is O=C(NC(C(=O)O)C1CC1)c1ccccc1. The van der Waals surface area contributed by atoms with Crippen LogP contribution >= 0.6 is 0 Å². The van der Waals surface area contributed by atoms with Crippen LogP contribution < -0.4 is 5.32 Å². The number of amides is 1. The Morgan fingerprint density at radius 1 is 1.25 bits per heavy atom. The first-order chi connectivity index (χ1) is 7.68. The van der Waals surface area contributed by atoms with Crippen LogP contribution in [0.15, 0.2) is 30.3 Å². The van der Waals surface area contributed by atoms with E-state index in [9.17, 15) is 9.59 Å². The fraction of sp³-hybridized carbons (Fsp3) is 0.333. The number of carboxylic acids is 1. The lowest BCUT2D eigenvalue weighted by atomic mass is 10.1. The van der Waals surface area contributed by atoms with Crippen molar-refractivity contribution < 1.29 is 14.7 Å². The number of rotatable bonds is 4. The molecule has 1 fully saturated rings. The van der Waals surface area contributed by atoms with Crippen LogP contribution in [0.5, 0.6) is 0 Å². The van der Waals surface area contributed by atoms with Crippen LogP contribution in [0.4, 0.5) is 0 Å². The maximum atomic E-state index is 11.7. The van der Waals surface area contributed by atoms with E-state index < -0.39 is 12.0 Å². The van der Waals surface area contributed by atoms with Gasteiger partial charge in [-0.15, -0.1) is 0 Å². The smallest absolute Gasteiger partial charge is 0.326 e. The second-order valence-electron chi connectivity index (χ2n) is 3.99. The number of benzene rings is 1. The molecule has 0 aliphatic heterocycles. The number of aliphatic carboxylic acids is 1. The number of hydrogen-bond acceptors (Lipinski definition) is 2. The van der Waals surface area contributed by atoms with Crippen molar-refractivity contribution >= 4 is 11.9 Å². The van der Waals surface area contributed by atoms with Crippen molar-refractivity contribution in [2.24, 2.45) is 5.92 Å². The summed E-state index contributed by atoms with van der Waals surface area (Å²) in [7, 11) is 0. The molecule has 1 aromatic carbocycles. The molecule has 0 bridgehead atoms. The molecule has 0 aromatic heterocycles. The minimum atomic E-state index is -0.952. The molecule has 1 atom stereocenters. The van der Waals surface area contributed by atoms with Crippen molar-refractivity contribution in [1.29, 1.82) is 0 Å². The molecule has 0 heterocycles. The first-order valence-electron chi connectivity index (χ1n) is 5.27. The topological polar surface area (TPSA) is 66.4 Å². The number of nitrogens with one attached hydrogen (secondary N) is 1. The van der Waals surface area contributed by atoms with Gasteiger partial charge in [-0.1, -0.05) is 18.2 Å². The zero-order valence-electron chi connectivity index (χ0n) is 8.72. The standard InChI is InChI=1S/C12H13NO3/c14-11(9-4-2-1-3-5-9)13-10(12(15)16)8-6-7-8/h1-5,8,10H,6-7H2,(H,13,14)(H,15,16). The van der Waals surface area contributed by atoms with Gasteiger partial charge in [0.25, 0.3) is 5.91 Å². The molecular weight excluding hydrogens is 206 g/mol. The minimum absolute atomic E-state index is 0.102. The summed E-state index contributed by atoms with van der Waals surface area (Å²) >= 11 is 0. The second kappa shape index (κ2) is 4.35. The molecule has 84 valence electrons. The third kappa shape index (κ3) is 2.39. The molecular formula is C12H13NO3. The van der Waals surface area contributed by atoms with E-state index >= 15 is 0 Å².